The summed E-state index contributed by atoms with van der Waals surface area (Å²) in [4.78, 5) is 39.7. The van der Waals surface area contributed by atoms with Crippen LogP contribution >= 0.6 is 0 Å². The number of hydrogen-bond acceptors (Lipinski definition) is 8. The molecule has 5 aromatic rings. The molecular weight excluding hydrogens is 510 g/mol. The van der Waals surface area contributed by atoms with Crippen molar-refractivity contribution in [2.75, 3.05) is 24.3 Å². The second-order valence-corrected chi connectivity index (χ2v) is 9.18. The zero-order valence-corrected chi connectivity index (χ0v) is 21.8. The van der Waals surface area contributed by atoms with Gasteiger partial charge in [-0.3, -0.25) is 14.3 Å². The number of rotatable bonds is 5. The third-order valence-electron chi connectivity index (χ3n) is 6.69. The molecule has 3 N–H and O–H groups in total. The Morgan fingerprint density at radius 3 is 2.50 bits per heavy atom. The standard InChI is InChI=1S/C29H25N7O4/c1-17-24(29(38)36(35(17)2)21-6-4-3-5-7-21)27(37)33-20-10-8-18(9-11-20)25-26(30)31-16-22(34-25)19-14-23-28(32-15-19)40-13-12-39-23/h3-11,14-16H,12-13H2,1-2H3,(H2,30,31)(H,33,37). The molecule has 40 heavy (non-hydrogen) atoms. The highest BCUT2D eigenvalue weighted by Gasteiger charge is 2.22. The van der Waals surface area contributed by atoms with Crippen molar-refractivity contribution < 1.29 is 14.3 Å². The van der Waals surface area contributed by atoms with Gasteiger partial charge in [0.15, 0.2) is 5.75 Å². The van der Waals surface area contributed by atoms with Crippen molar-refractivity contribution in [3.8, 4) is 39.8 Å². The van der Waals surface area contributed by atoms with Crippen LogP contribution in [0.3, 0.4) is 0 Å². The number of carbonyl (C=O) groups excluding carboxylic acids is 1. The van der Waals surface area contributed by atoms with Gasteiger partial charge in [-0.1, -0.05) is 30.3 Å². The Kier molecular flexibility index (Phi) is 6.23. The van der Waals surface area contributed by atoms with Crippen LogP contribution in [0, 0.1) is 6.92 Å². The molecule has 11 heteroatoms. The van der Waals surface area contributed by atoms with Crippen LogP contribution in [0.25, 0.3) is 28.2 Å². The molecule has 200 valence electrons. The molecule has 0 fully saturated rings. The van der Waals surface area contributed by atoms with E-state index in [4.69, 9.17) is 20.2 Å². The fourth-order valence-electron chi connectivity index (χ4n) is 4.56. The number of ether oxygens (including phenoxy) is 2. The minimum absolute atomic E-state index is 0.0753. The van der Waals surface area contributed by atoms with Crippen LogP contribution in [-0.2, 0) is 7.05 Å². The molecule has 1 aliphatic heterocycles. The number of pyridine rings is 1. The number of nitrogens with two attached hydrogens (primary N) is 1. The Hall–Kier alpha value is -5.45. The van der Waals surface area contributed by atoms with Gasteiger partial charge < -0.3 is 20.5 Å². The molecule has 0 aliphatic carbocycles. The highest BCUT2D eigenvalue weighted by Crippen LogP contribution is 2.33. The second kappa shape index (κ2) is 10.0. The number of carbonyl (C=O) groups is 1. The lowest BCUT2D eigenvalue weighted by Gasteiger charge is -2.17. The first kappa shape index (κ1) is 24.9. The summed E-state index contributed by atoms with van der Waals surface area (Å²) in [7, 11) is 1.75. The van der Waals surface area contributed by atoms with E-state index in [9.17, 15) is 9.59 Å². The second-order valence-electron chi connectivity index (χ2n) is 9.18. The first-order chi connectivity index (χ1) is 19.4. The molecule has 0 saturated heterocycles. The molecule has 1 aliphatic rings. The maximum absolute atomic E-state index is 13.2. The van der Waals surface area contributed by atoms with Gasteiger partial charge in [-0.15, -0.1) is 0 Å². The lowest BCUT2D eigenvalue weighted by atomic mass is 10.1. The summed E-state index contributed by atoms with van der Waals surface area (Å²) in [6.07, 6.45) is 3.22. The summed E-state index contributed by atoms with van der Waals surface area (Å²) in [6.45, 7) is 2.65. The Morgan fingerprint density at radius 1 is 0.975 bits per heavy atom. The Labute approximate surface area is 228 Å². The molecule has 0 saturated carbocycles. The van der Waals surface area contributed by atoms with Gasteiger partial charge >= 0.3 is 0 Å². The number of benzene rings is 2. The van der Waals surface area contributed by atoms with E-state index < -0.39 is 11.5 Å². The van der Waals surface area contributed by atoms with Crippen LogP contribution in [0.1, 0.15) is 16.1 Å². The molecule has 2 aromatic carbocycles. The topological polar surface area (TPSA) is 139 Å². The molecular formula is C29H25N7O4. The molecule has 0 unspecified atom stereocenters. The zero-order valence-electron chi connectivity index (χ0n) is 21.8. The molecule has 0 bridgehead atoms. The molecule has 0 radical (unpaired) electrons. The Morgan fingerprint density at radius 2 is 1.73 bits per heavy atom. The fourth-order valence-corrected chi connectivity index (χ4v) is 4.56. The van der Waals surface area contributed by atoms with Gasteiger partial charge in [-0.25, -0.2) is 19.6 Å². The highest BCUT2D eigenvalue weighted by atomic mass is 16.6. The van der Waals surface area contributed by atoms with Crippen molar-refractivity contribution in [2.45, 2.75) is 6.92 Å². The van der Waals surface area contributed by atoms with Crippen molar-refractivity contribution >= 4 is 17.4 Å². The van der Waals surface area contributed by atoms with Gasteiger partial charge in [0.1, 0.15) is 30.3 Å². The van der Waals surface area contributed by atoms with Gasteiger partial charge in [0.25, 0.3) is 17.3 Å². The lowest BCUT2D eigenvalue weighted by molar-refractivity contribution is 0.102. The maximum atomic E-state index is 13.2. The largest absolute Gasteiger partial charge is 0.484 e. The van der Waals surface area contributed by atoms with Crippen molar-refractivity contribution in [1.82, 2.24) is 24.3 Å². The number of hydrogen-bond donors (Lipinski definition) is 2. The van der Waals surface area contributed by atoms with Gasteiger partial charge in [0.2, 0.25) is 0 Å². The van der Waals surface area contributed by atoms with E-state index in [0.717, 1.165) is 0 Å². The van der Waals surface area contributed by atoms with Crippen LogP contribution < -0.4 is 26.1 Å². The van der Waals surface area contributed by atoms with Crippen molar-refractivity contribution in [2.24, 2.45) is 7.05 Å². The summed E-state index contributed by atoms with van der Waals surface area (Å²) < 4.78 is 14.3. The molecule has 1 amide bonds. The number of para-hydroxylation sites is 1. The molecule has 0 atom stereocenters. The number of fused-ring (bicyclic) bond motifs is 1. The maximum Gasteiger partial charge on any atom is 0.284 e. The third kappa shape index (κ3) is 4.43. The summed E-state index contributed by atoms with van der Waals surface area (Å²) in [6, 6.07) is 18.0. The minimum Gasteiger partial charge on any atom is -0.484 e. The Balaban J connectivity index is 1.25. The summed E-state index contributed by atoms with van der Waals surface area (Å²) in [5.74, 6) is 0.759. The first-order valence-electron chi connectivity index (χ1n) is 12.5. The number of aromatic nitrogens is 5. The number of nitrogens with zero attached hydrogens (tertiary/aromatic N) is 5. The van der Waals surface area contributed by atoms with Crippen LogP contribution in [0.2, 0.25) is 0 Å². The average molecular weight is 536 g/mol. The van der Waals surface area contributed by atoms with Gasteiger partial charge in [-0.05, 0) is 37.3 Å². The van der Waals surface area contributed by atoms with Crippen molar-refractivity contribution in [3.63, 3.8) is 0 Å². The highest BCUT2D eigenvalue weighted by molar-refractivity contribution is 6.05. The van der Waals surface area contributed by atoms with E-state index in [-0.39, 0.29) is 11.4 Å². The van der Waals surface area contributed by atoms with E-state index >= 15 is 0 Å². The van der Waals surface area contributed by atoms with Gasteiger partial charge in [-0.2, -0.15) is 0 Å². The SMILES string of the molecule is Cc1c(C(=O)Nc2ccc(-c3nc(-c4cnc5c(c4)OCCO5)cnc3N)cc2)c(=O)n(-c2ccccc2)n1C. The van der Waals surface area contributed by atoms with E-state index in [1.807, 2.05) is 30.3 Å². The lowest BCUT2D eigenvalue weighted by Crippen LogP contribution is -2.25. The summed E-state index contributed by atoms with van der Waals surface area (Å²) >= 11 is 0. The Bertz CT molecular complexity index is 1790. The smallest absolute Gasteiger partial charge is 0.284 e. The predicted octanol–water partition coefficient (Wildman–Crippen LogP) is 3.61. The average Bonchev–Trinajstić information content (AvgIpc) is 3.21. The number of amides is 1. The van der Waals surface area contributed by atoms with E-state index in [1.165, 1.54) is 4.68 Å². The monoisotopic (exact) mass is 535 g/mol. The molecule has 11 nitrogen and oxygen atoms in total. The van der Waals surface area contributed by atoms with E-state index in [0.29, 0.717) is 64.4 Å². The van der Waals surface area contributed by atoms with Crippen LogP contribution in [0.5, 0.6) is 11.6 Å². The number of nitrogens with one attached hydrogen (secondary N) is 1. The zero-order chi connectivity index (χ0) is 27.8. The molecule has 3 aromatic heterocycles. The quantitative estimate of drug-likeness (QED) is 0.348. The molecule has 6 rings (SSSR count). The van der Waals surface area contributed by atoms with Crippen LogP contribution in [-0.4, -0.2) is 43.4 Å². The van der Waals surface area contributed by atoms with Crippen molar-refractivity contribution in [1.29, 1.82) is 0 Å². The minimum atomic E-state index is -0.493. The fraction of sp³-hybridized carbons (Fsp3) is 0.138. The van der Waals surface area contributed by atoms with E-state index in [1.54, 1.807) is 61.4 Å². The molecule has 4 heterocycles. The van der Waals surface area contributed by atoms with E-state index in [2.05, 4.69) is 15.3 Å². The summed E-state index contributed by atoms with van der Waals surface area (Å²) in [5, 5.41) is 2.82. The molecule has 0 spiro atoms. The normalized spacial score (nSPS) is 12.2. The van der Waals surface area contributed by atoms with Crippen molar-refractivity contribution in [3.05, 3.63) is 94.7 Å². The van der Waals surface area contributed by atoms with Crippen LogP contribution in [0.4, 0.5) is 11.5 Å². The van der Waals surface area contributed by atoms with Gasteiger partial charge in [0, 0.05) is 30.1 Å². The summed E-state index contributed by atoms with van der Waals surface area (Å²) in [5.41, 5.74) is 10.1. The number of anilines is 2. The number of nitrogen functional groups attached to an aromatic ring is 1. The van der Waals surface area contributed by atoms with Crippen LogP contribution in [0.15, 0.2) is 77.9 Å². The third-order valence-corrected chi connectivity index (χ3v) is 6.69. The first-order valence-corrected chi connectivity index (χ1v) is 12.5. The predicted molar refractivity (Wildman–Crippen MR) is 150 cm³/mol. The van der Waals surface area contributed by atoms with Gasteiger partial charge in [0.05, 0.1) is 23.3 Å².